The molecular weight excluding hydrogens is 256 g/mol. The minimum absolute atomic E-state index is 0.577. The average molecular weight is 275 g/mol. The van der Waals surface area contributed by atoms with Gasteiger partial charge in [0.2, 0.25) is 0 Å². The number of thioether (sulfide) groups is 1. The SMILES string of the molecule is COCCCOCCSc1ccc(CCl)cc1. The van der Waals surface area contributed by atoms with Crippen LogP contribution < -0.4 is 0 Å². The van der Waals surface area contributed by atoms with E-state index >= 15 is 0 Å². The first-order valence-corrected chi connectivity index (χ1v) is 7.23. The number of ether oxygens (including phenoxy) is 2. The summed E-state index contributed by atoms with van der Waals surface area (Å²) in [6, 6.07) is 8.34. The molecular formula is C13H19ClO2S. The lowest BCUT2D eigenvalue weighted by atomic mass is 10.2. The van der Waals surface area contributed by atoms with E-state index in [1.807, 2.05) is 0 Å². The van der Waals surface area contributed by atoms with Crippen molar-refractivity contribution in [1.82, 2.24) is 0 Å². The summed E-state index contributed by atoms with van der Waals surface area (Å²) in [6.07, 6.45) is 0.964. The smallest absolute Gasteiger partial charge is 0.0560 e. The van der Waals surface area contributed by atoms with Crippen LogP contribution >= 0.6 is 23.4 Å². The van der Waals surface area contributed by atoms with Gasteiger partial charge in [0.15, 0.2) is 0 Å². The van der Waals surface area contributed by atoms with Gasteiger partial charge in [-0.05, 0) is 24.1 Å². The summed E-state index contributed by atoms with van der Waals surface area (Å²) < 4.78 is 10.4. The Labute approximate surface area is 113 Å². The fraction of sp³-hybridized carbons (Fsp3) is 0.538. The lowest BCUT2D eigenvalue weighted by molar-refractivity contribution is 0.113. The topological polar surface area (TPSA) is 18.5 Å². The summed E-state index contributed by atoms with van der Waals surface area (Å²) in [5.74, 6) is 1.56. The Morgan fingerprint density at radius 1 is 1.12 bits per heavy atom. The molecule has 2 nitrogen and oxygen atoms in total. The van der Waals surface area contributed by atoms with Gasteiger partial charge in [-0.1, -0.05) is 12.1 Å². The maximum Gasteiger partial charge on any atom is 0.0560 e. The third-order valence-electron chi connectivity index (χ3n) is 2.21. The van der Waals surface area contributed by atoms with E-state index in [1.54, 1.807) is 18.9 Å². The normalized spacial score (nSPS) is 10.7. The van der Waals surface area contributed by atoms with Crippen LogP contribution in [-0.4, -0.2) is 32.7 Å². The third-order valence-corrected chi connectivity index (χ3v) is 3.50. The fourth-order valence-electron chi connectivity index (χ4n) is 1.30. The van der Waals surface area contributed by atoms with Crippen molar-refractivity contribution in [2.75, 3.05) is 32.7 Å². The van der Waals surface area contributed by atoms with Crippen LogP contribution in [0.4, 0.5) is 0 Å². The summed E-state index contributed by atoms with van der Waals surface area (Å²) in [5.41, 5.74) is 1.16. The molecule has 0 amide bonds. The molecule has 0 spiro atoms. The van der Waals surface area contributed by atoms with Gasteiger partial charge in [-0.3, -0.25) is 0 Å². The zero-order chi connectivity index (χ0) is 12.3. The van der Waals surface area contributed by atoms with E-state index in [0.717, 1.165) is 37.6 Å². The first kappa shape index (κ1) is 14.8. The van der Waals surface area contributed by atoms with Gasteiger partial charge in [-0.25, -0.2) is 0 Å². The molecule has 0 N–H and O–H groups in total. The molecule has 4 heteroatoms. The lowest BCUT2D eigenvalue weighted by Gasteiger charge is -2.04. The standard InChI is InChI=1S/C13H19ClO2S/c1-15-7-2-8-16-9-10-17-13-5-3-12(11-14)4-6-13/h3-6H,2,7-11H2,1H3. The summed E-state index contributed by atoms with van der Waals surface area (Å²) in [4.78, 5) is 1.26. The summed E-state index contributed by atoms with van der Waals surface area (Å²) in [5, 5.41) is 0. The van der Waals surface area contributed by atoms with Crippen LogP contribution in [-0.2, 0) is 15.4 Å². The van der Waals surface area contributed by atoms with E-state index in [0.29, 0.717) is 5.88 Å². The van der Waals surface area contributed by atoms with Crippen LogP contribution in [0.5, 0.6) is 0 Å². The van der Waals surface area contributed by atoms with Crippen LogP contribution in [0, 0.1) is 0 Å². The van der Waals surface area contributed by atoms with Crippen LogP contribution in [0.1, 0.15) is 12.0 Å². The molecule has 1 aromatic carbocycles. The molecule has 17 heavy (non-hydrogen) atoms. The number of methoxy groups -OCH3 is 1. The van der Waals surface area contributed by atoms with Gasteiger partial charge < -0.3 is 9.47 Å². The predicted octanol–water partition coefficient (Wildman–Crippen LogP) is 3.57. The highest BCUT2D eigenvalue weighted by atomic mass is 35.5. The molecule has 0 fully saturated rings. The van der Waals surface area contributed by atoms with Crippen molar-refractivity contribution in [1.29, 1.82) is 0 Å². The fourth-order valence-corrected chi connectivity index (χ4v) is 2.24. The molecule has 0 aromatic heterocycles. The molecule has 0 bridgehead atoms. The van der Waals surface area contributed by atoms with Crippen molar-refractivity contribution in [3.05, 3.63) is 29.8 Å². The number of hydrogen-bond donors (Lipinski definition) is 0. The second kappa shape index (κ2) is 9.77. The van der Waals surface area contributed by atoms with E-state index in [1.165, 1.54) is 4.90 Å². The molecule has 0 atom stereocenters. The zero-order valence-electron chi connectivity index (χ0n) is 10.2. The second-order valence-electron chi connectivity index (χ2n) is 3.58. The highest BCUT2D eigenvalue weighted by Crippen LogP contribution is 2.18. The van der Waals surface area contributed by atoms with Crippen molar-refractivity contribution in [2.45, 2.75) is 17.2 Å². The Balaban J connectivity index is 2.05. The molecule has 1 aromatic rings. The highest BCUT2D eigenvalue weighted by Gasteiger charge is 1.95. The van der Waals surface area contributed by atoms with E-state index in [2.05, 4.69) is 24.3 Å². The van der Waals surface area contributed by atoms with Crippen LogP contribution in [0.3, 0.4) is 0 Å². The summed E-state index contributed by atoms with van der Waals surface area (Å²) >= 11 is 7.53. The number of benzene rings is 1. The molecule has 0 radical (unpaired) electrons. The maximum absolute atomic E-state index is 5.73. The molecule has 96 valence electrons. The van der Waals surface area contributed by atoms with E-state index < -0.39 is 0 Å². The van der Waals surface area contributed by atoms with E-state index in [-0.39, 0.29) is 0 Å². The third kappa shape index (κ3) is 6.94. The Morgan fingerprint density at radius 2 is 1.88 bits per heavy atom. The largest absolute Gasteiger partial charge is 0.385 e. The lowest BCUT2D eigenvalue weighted by Crippen LogP contribution is -2.02. The number of alkyl halides is 1. The average Bonchev–Trinajstić information content (AvgIpc) is 2.38. The Bertz CT molecular complexity index is 290. The van der Waals surface area contributed by atoms with Crippen molar-refractivity contribution in [3.63, 3.8) is 0 Å². The molecule has 0 unspecified atom stereocenters. The molecule has 0 saturated carbocycles. The van der Waals surface area contributed by atoms with Crippen molar-refractivity contribution >= 4 is 23.4 Å². The Hall–Kier alpha value is -0.220. The van der Waals surface area contributed by atoms with Crippen LogP contribution in [0.25, 0.3) is 0 Å². The molecule has 0 aliphatic rings. The van der Waals surface area contributed by atoms with Crippen LogP contribution in [0.15, 0.2) is 29.2 Å². The highest BCUT2D eigenvalue weighted by molar-refractivity contribution is 7.99. The van der Waals surface area contributed by atoms with Gasteiger partial charge in [-0.15, -0.1) is 23.4 Å². The first-order valence-electron chi connectivity index (χ1n) is 5.71. The van der Waals surface area contributed by atoms with Gasteiger partial charge in [0.25, 0.3) is 0 Å². The Kier molecular flexibility index (Phi) is 8.53. The molecule has 0 heterocycles. The second-order valence-corrected chi connectivity index (χ2v) is 5.02. The minimum Gasteiger partial charge on any atom is -0.385 e. The van der Waals surface area contributed by atoms with Crippen molar-refractivity contribution < 1.29 is 9.47 Å². The number of hydrogen-bond acceptors (Lipinski definition) is 3. The zero-order valence-corrected chi connectivity index (χ0v) is 11.7. The van der Waals surface area contributed by atoms with Gasteiger partial charge in [-0.2, -0.15) is 0 Å². The van der Waals surface area contributed by atoms with Crippen molar-refractivity contribution in [3.8, 4) is 0 Å². The number of rotatable bonds is 9. The van der Waals surface area contributed by atoms with Crippen LogP contribution in [0.2, 0.25) is 0 Å². The molecule has 0 aliphatic carbocycles. The Morgan fingerprint density at radius 3 is 2.53 bits per heavy atom. The number of halogens is 1. The van der Waals surface area contributed by atoms with Gasteiger partial charge >= 0.3 is 0 Å². The summed E-state index contributed by atoms with van der Waals surface area (Å²) in [6.45, 7) is 2.33. The van der Waals surface area contributed by atoms with E-state index in [9.17, 15) is 0 Å². The molecule has 0 saturated heterocycles. The van der Waals surface area contributed by atoms with Crippen molar-refractivity contribution in [2.24, 2.45) is 0 Å². The minimum atomic E-state index is 0.577. The quantitative estimate of drug-likeness (QED) is 0.390. The molecule has 0 aliphatic heterocycles. The molecule has 1 rings (SSSR count). The monoisotopic (exact) mass is 274 g/mol. The van der Waals surface area contributed by atoms with Gasteiger partial charge in [0.05, 0.1) is 6.61 Å². The predicted molar refractivity (Wildman–Crippen MR) is 74.0 cm³/mol. The van der Waals surface area contributed by atoms with Gasteiger partial charge in [0, 0.05) is 36.9 Å². The van der Waals surface area contributed by atoms with Gasteiger partial charge in [0.1, 0.15) is 0 Å². The first-order chi connectivity index (χ1) is 8.36. The maximum atomic E-state index is 5.73. The van der Waals surface area contributed by atoms with E-state index in [4.69, 9.17) is 21.1 Å². The summed E-state index contributed by atoms with van der Waals surface area (Å²) in [7, 11) is 1.71.